The predicted molar refractivity (Wildman–Crippen MR) is 110 cm³/mol. The maximum Gasteiger partial charge on any atom is 0.490 e. The third kappa shape index (κ3) is 8.05. The van der Waals surface area contributed by atoms with Crippen molar-refractivity contribution in [3.8, 4) is 0 Å². The van der Waals surface area contributed by atoms with E-state index in [1.54, 1.807) is 0 Å². The molecule has 10 heteroatoms. The van der Waals surface area contributed by atoms with Crippen LogP contribution in [0.15, 0.2) is 18.2 Å². The van der Waals surface area contributed by atoms with Crippen molar-refractivity contribution in [3.05, 3.63) is 29.6 Å². The van der Waals surface area contributed by atoms with Crippen LogP contribution in [0.25, 0.3) is 0 Å². The minimum atomic E-state index is -5.08. The number of amides is 1. The number of alkyl halides is 3. The van der Waals surface area contributed by atoms with Crippen LogP contribution in [0.2, 0.25) is 0 Å². The van der Waals surface area contributed by atoms with Crippen LogP contribution >= 0.6 is 0 Å². The average molecular weight is 460 g/mol. The number of carboxylic acid groups (broad SMARTS) is 1. The molecule has 32 heavy (non-hydrogen) atoms. The Balaban J connectivity index is 0.000000451. The number of pyridine rings is 1. The van der Waals surface area contributed by atoms with Crippen molar-refractivity contribution in [2.24, 2.45) is 11.8 Å². The number of hydrogen-bond acceptors (Lipinski definition) is 5. The number of fused-ring (bicyclic) bond motifs is 1. The van der Waals surface area contributed by atoms with E-state index in [0.717, 1.165) is 57.0 Å². The minimum Gasteiger partial charge on any atom is -0.475 e. The van der Waals surface area contributed by atoms with E-state index >= 15 is 0 Å². The second-order valence-corrected chi connectivity index (χ2v) is 8.11. The summed E-state index contributed by atoms with van der Waals surface area (Å²) in [4.78, 5) is 27.6. The fourth-order valence-electron chi connectivity index (χ4n) is 3.88. The third-order valence-electron chi connectivity index (χ3n) is 5.61. The quantitative estimate of drug-likeness (QED) is 0.597. The first kappa shape index (κ1) is 26.1. The third-order valence-corrected chi connectivity index (χ3v) is 5.61. The van der Waals surface area contributed by atoms with Crippen molar-refractivity contribution in [3.63, 3.8) is 0 Å². The summed E-state index contributed by atoms with van der Waals surface area (Å²) >= 11 is 0. The van der Waals surface area contributed by atoms with E-state index < -0.39 is 12.1 Å². The summed E-state index contributed by atoms with van der Waals surface area (Å²) in [5.41, 5.74) is 2.00. The fourth-order valence-corrected chi connectivity index (χ4v) is 3.88. The zero-order valence-corrected chi connectivity index (χ0v) is 18.4. The summed E-state index contributed by atoms with van der Waals surface area (Å²) in [6.45, 7) is 7.83. The first-order valence-electron chi connectivity index (χ1n) is 10.8. The number of aryl methyl sites for hydroxylation is 1. The summed E-state index contributed by atoms with van der Waals surface area (Å²) in [5.74, 6) is -1.49. The molecule has 0 bridgehead atoms. The van der Waals surface area contributed by atoms with Crippen LogP contribution in [0.4, 0.5) is 13.2 Å². The number of carbonyl (C=O) groups excluding carboxylic acids is 1. The molecular formula is C22H31F3N2O5. The Labute approximate surface area is 185 Å². The van der Waals surface area contributed by atoms with E-state index in [9.17, 15) is 18.0 Å². The molecule has 2 aliphatic heterocycles. The molecule has 0 spiro atoms. The minimum absolute atomic E-state index is 0.231. The summed E-state index contributed by atoms with van der Waals surface area (Å²) in [6.07, 6.45) is -1.14. The number of halogens is 3. The van der Waals surface area contributed by atoms with Crippen molar-refractivity contribution in [1.82, 2.24) is 9.88 Å². The summed E-state index contributed by atoms with van der Waals surface area (Å²) in [7, 11) is 0. The van der Waals surface area contributed by atoms with Crippen molar-refractivity contribution in [2.45, 2.75) is 58.4 Å². The van der Waals surface area contributed by atoms with Gasteiger partial charge in [-0.2, -0.15) is 13.2 Å². The van der Waals surface area contributed by atoms with Crippen LogP contribution in [-0.4, -0.2) is 65.5 Å². The molecule has 2 fully saturated rings. The van der Waals surface area contributed by atoms with Gasteiger partial charge in [0.25, 0.3) is 0 Å². The number of aromatic nitrogens is 1. The molecule has 1 amide bonds. The van der Waals surface area contributed by atoms with Gasteiger partial charge in [0.15, 0.2) is 0 Å². The number of unbranched alkanes of at least 4 members (excludes halogenated alkanes) is 1. The Kier molecular flexibility index (Phi) is 9.89. The van der Waals surface area contributed by atoms with Gasteiger partial charge in [0.2, 0.25) is 5.91 Å². The van der Waals surface area contributed by atoms with Crippen LogP contribution in [0, 0.1) is 18.8 Å². The van der Waals surface area contributed by atoms with Gasteiger partial charge in [0.05, 0.1) is 25.0 Å². The van der Waals surface area contributed by atoms with Crippen LogP contribution in [0.5, 0.6) is 0 Å². The number of nitrogens with zero attached hydrogens (tertiary/aromatic N) is 2. The van der Waals surface area contributed by atoms with Crippen LogP contribution in [0.3, 0.4) is 0 Å². The van der Waals surface area contributed by atoms with Gasteiger partial charge in [-0.25, -0.2) is 4.79 Å². The lowest BCUT2D eigenvalue weighted by molar-refractivity contribution is -0.192. The molecular weight excluding hydrogens is 429 g/mol. The Morgan fingerprint density at radius 2 is 2.03 bits per heavy atom. The molecule has 180 valence electrons. The Hall–Kier alpha value is -2.20. The van der Waals surface area contributed by atoms with E-state index in [1.165, 1.54) is 0 Å². The van der Waals surface area contributed by atoms with E-state index in [4.69, 9.17) is 19.4 Å². The second kappa shape index (κ2) is 12.2. The molecule has 3 heterocycles. The zero-order valence-electron chi connectivity index (χ0n) is 18.4. The van der Waals surface area contributed by atoms with E-state index in [0.29, 0.717) is 30.8 Å². The number of aliphatic carboxylic acids is 1. The highest BCUT2D eigenvalue weighted by molar-refractivity contribution is 5.76. The zero-order chi connectivity index (χ0) is 23.7. The maximum absolute atomic E-state index is 12.2. The summed E-state index contributed by atoms with van der Waals surface area (Å²) < 4.78 is 43.5. The maximum atomic E-state index is 12.2. The van der Waals surface area contributed by atoms with Crippen LogP contribution < -0.4 is 0 Å². The second-order valence-electron chi connectivity index (χ2n) is 8.11. The molecule has 3 rings (SSSR count). The van der Waals surface area contributed by atoms with Gasteiger partial charge in [0.1, 0.15) is 0 Å². The Morgan fingerprint density at radius 1 is 1.31 bits per heavy atom. The molecule has 2 aliphatic rings. The molecule has 1 aromatic heterocycles. The molecule has 0 radical (unpaired) electrons. The molecule has 7 nitrogen and oxygen atoms in total. The van der Waals surface area contributed by atoms with Crippen LogP contribution in [-0.2, 0) is 25.7 Å². The highest BCUT2D eigenvalue weighted by atomic mass is 19.4. The van der Waals surface area contributed by atoms with Gasteiger partial charge in [-0.1, -0.05) is 19.4 Å². The number of hydrogen-bond donors (Lipinski definition) is 1. The average Bonchev–Trinajstić information content (AvgIpc) is 3.31. The molecule has 1 N–H and O–H groups in total. The molecule has 0 aromatic carbocycles. The molecule has 1 aromatic rings. The smallest absolute Gasteiger partial charge is 0.475 e. The topological polar surface area (TPSA) is 89.0 Å². The van der Waals surface area contributed by atoms with E-state index in [1.807, 2.05) is 30.0 Å². The van der Waals surface area contributed by atoms with Crippen molar-refractivity contribution in [2.75, 3.05) is 26.3 Å². The number of likely N-dealkylation sites (tertiary alicyclic amines) is 1. The van der Waals surface area contributed by atoms with Gasteiger partial charge in [-0.3, -0.25) is 9.78 Å². The van der Waals surface area contributed by atoms with Crippen molar-refractivity contribution in [1.29, 1.82) is 0 Å². The first-order valence-corrected chi connectivity index (χ1v) is 10.8. The molecule has 3 atom stereocenters. The molecule has 0 saturated carbocycles. The van der Waals surface area contributed by atoms with Crippen molar-refractivity contribution >= 4 is 11.9 Å². The van der Waals surface area contributed by atoms with Gasteiger partial charge >= 0.3 is 12.1 Å². The normalized spacial score (nSPS) is 22.3. The Bertz CT molecular complexity index is 759. The fraction of sp³-hybridized carbons (Fsp3) is 0.682. The number of carbonyl (C=O) groups is 2. The number of carboxylic acids is 1. The van der Waals surface area contributed by atoms with E-state index in [-0.39, 0.29) is 6.10 Å². The molecule has 0 unspecified atom stereocenters. The summed E-state index contributed by atoms with van der Waals surface area (Å²) in [6, 6.07) is 6.00. The van der Waals surface area contributed by atoms with Gasteiger partial charge in [0, 0.05) is 37.7 Å². The number of ether oxygens (including phenoxy) is 2. The monoisotopic (exact) mass is 460 g/mol. The highest BCUT2D eigenvalue weighted by Crippen LogP contribution is 2.35. The Morgan fingerprint density at radius 3 is 2.66 bits per heavy atom. The number of rotatable bonds is 8. The van der Waals surface area contributed by atoms with Gasteiger partial charge in [-0.15, -0.1) is 0 Å². The lowest BCUT2D eigenvalue weighted by atomic mass is 9.91. The van der Waals surface area contributed by atoms with Crippen LogP contribution in [0.1, 0.15) is 44.0 Å². The lowest BCUT2D eigenvalue weighted by Crippen LogP contribution is -2.31. The predicted octanol–water partition coefficient (Wildman–Crippen LogP) is 3.59. The largest absolute Gasteiger partial charge is 0.490 e. The van der Waals surface area contributed by atoms with E-state index in [2.05, 4.69) is 11.9 Å². The highest BCUT2D eigenvalue weighted by Gasteiger charge is 2.44. The van der Waals surface area contributed by atoms with Gasteiger partial charge in [-0.05, 0) is 37.8 Å². The molecule has 2 saturated heterocycles. The lowest BCUT2D eigenvalue weighted by Gasteiger charge is -2.20. The van der Waals surface area contributed by atoms with Crippen molar-refractivity contribution < 1.29 is 37.3 Å². The molecule has 0 aliphatic carbocycles. The summed E-state index contributed by atoms with van der Waals surface area (Å²) in [5, 5.41) is 7.12. The first-order chi connectivity index (χ1) is 15.1. The SMILES string of the molecule is CCCCC(=O)N1C[C@H]2[C@@H](CCOCc3cccc(C)n3)CO[C@H]2C1.O=C(O)C(F)(F)F. The van der Waals surface area contributed by atoms with Gasteiger partial charge < -0.3 is 19.5 Å². The standard InChI is InChI=1S/C20H30N2O3.C2HF3O2/c1-3-4-8-20(23)22-11-18-16(13-25-19(18)12-22)9-10-24-14-17-7-5-6-15(2)21-17;3-2(4,5)1(6)7/h5-7,16,18-19H,3-4,8-14H2,1-2H3;(H,6,7)/t16-,18-,19-;/m0./s1.